The van der Waals surface area contributed by atoms with Crippen LogP contribution in [0.4, 0.5) is 4.79 Å². The molecule has 10 heteroatoms. The summed E-state index contributed by atoms with van der Waals surface area (Å²) in [5, 5.41) is 7.26. The second kappa shape index (κ2) is 9.00. The quantitative estimate of drug-likeness (QED) is 0.737. The lowest BCUT2D eigenvalue weighted by molar-refractivity contribution is 0.169. The number of urea groups is 1. The molecule has 2 aromatic rings. The lowest BCUT2D eigenvalue weighted by Gasteiger charge is -2.34. The molecule has 1 aromatic carbocycles. The summed E-state index contributed by atoms with van der Waals surface area (Å²) in [5.41, 5.74) is 1.19. The molecule has 28 heavy (non-hydrogen) atoms. The summed E-state index contributed by atoms with van der Waals surface area (Å²) in [6, 6.07) is 6.39. The number of nitrogens with zero attached hydrogens (tertiary/aromatic N) is 2. The Morgan fingerprint density at radius 3 is 2.57 bits per heavy atom. The highest BCUT2D eigenvalue weighted by atomic mass is 35.5. The van der Waals surface area contributed by atoms with E-state index in [1.54, 1.807) is 28.4 Å². The third-order valence-corrected chi connectivity index (χ3v) is 8.16. The molecule has 2 heterocycles. The fourth-order valence-corrected chi connectivity index (χ4v) is 5.91. The Morgan fingerprint density at radius 2 is 1.93 bits per heavy atom. The summed E-state index contributed by atoms with van der Waals surface area (Å²) >= 11 is 13.7. The van der Waals surface area contributed by atoms with Gasteiger partial charge in [0.05, 0.1) is 10.0 Å². The van der Waals surface area contributed by atoms with Gasteiger partial charge in [-0.1, -0.05) is 29.3 Å². The van der Waals surface area contributed by atoms with Crippen LogP contribution in [-0.2, 0) is 16.4 Å². The van der Waals surface area contributed by atoms with Crippen LogP contribution in [0.15, 0.2) is 39.9 Å². The summed E-state index contributed by atoms with van der Waals surface area (Å²) in [6.07, 6.45) is 0.761. The third kappa shape index (κ3) is 4.80. The van der Waals surface area contributed by atoms with Crippen LogP contribution in [0.5, 0.6) is 0 Å². The predicted molar refractivity (Wildman–Crippen MR) is 113 cm³/mol. The van der Waals surface area contributed by atoms with E-state index in [-0.39, 0.29) is 40.1 Å². The fourth-order valence-electron chi connectivity index (χ4n) is 3.07. The van der Waals surface area contributed by atoms with Crippen LogP contribution in [-0.4, -0.2) is 55.9 Å². The van der Waals surface area contributed by atoms with Crippen molar-refractivity contribution < 1.29 is 13.2 Å². The van der Waals surface area contributed by atoms with Gasteiger partial charge in [0.2, 0.25) is 10.0 Å². The van der Waals surface area contributed by atoms with Gasteiger partial charge < -0.3 is 10.2 Å². The molecule has 1 atom stereocenters. The highest BCUT2D eigenvalue weighted by molar-refractivity contribution is 7.89. The van der Waals surface area contributed by atoms with E-state index in [0.717, 1.165) is 6.42 Å². The maximum atomic E-state index is 12.9. The maximum absolute atomic E-state index is 12.9. The second-order valence-corrected chi connectivity index (χ2v) is 10.1. The van der Waals surface area contributed by atoms with Crippen molar-refractivity contribution in [3.8, 4) is 0 Å². The zero-order chi connectivity index (χ0) is 20.3. The molecule has 152 valence electrons. The van der Waals surface area contributed by atoms with Gasteiger partial charge in [0.15, 0.2) is 0 Å². The molecule has 1 aromatic heterocycles. The average molecular weight is 462 g/mol. The van der Waals surface area contributed by atoms with E-state index in [0.29, 0.717) is 13.1 Å². The van der Waals surface area contributed by atoms with Crippen LogP contribution in [0.2, 0.25) is 10.0 Å². The maximum Gasteiger partial charge on any atom is 0.317 e. The minimum Gasteiger partial charge on any atom is -0.335 e. The van der Waals surface area contributed by atoms with Crippen molar-refractivity contribution in [3.63, 3.8) is 0 Å². The van der Waals surface area contributed by atoms with Crippen molar-refractivity contribution >= 4 is 50.6 Å². The van der Waals surface area contributed by atoms with Crippen molar-refractivity contribution in [3.05, 3.63) is 50.6 Å². The Labute approximate surface area is 179 Å². The number of amides is 2. The molecule has 0 spiro atoms. The Hall–Kier alpha value is -1.32. The molecule has 1 aliphatic rings. The summed E-state index contributed by atoms with van der Waals surface area (Å²) in [6.45, 7) is 3.00. The van der Waals surface area contributed by atoms with Crippen molar-refractivity contribution in [2.45, 2.75) is 24.3 Å². The highest BCUT2D eigenvalue weighted by Gasteiger charge is 2.32. The molecule has 0 radical (unpaired) electrons. The number of hydrogen-bond acceptors (Lipinski definition) is 4. The molecule has 6 nitrogen and oxygen atoms in total. The van der Waals surface area contributed by atoms with Gasteiger partial charge in [0.25, 0.3) is 0 Å². The number of benzene rings is 1. The number of carbonyl (C=O) groups excluding carboxylic acids is 1. The summed E-state index contributed by atoms with van der Waals surface area (Å²) in [4.78, 5) is 14.1. The Bertz CT molecular complexity index is 928. The number of carbonyl (C=O) groups is 1. The van der Waals surface area contributed by atoms with Crippen molar-refractivity contribution in [1.82, 2.24) is 14.5 Å². The number of nitrogens with one attached hydrogen (secondary N) is 1. The monoisotopic (exact) mass is 461 g/mol. The minimum absolute atomic E-state index is 0.00544. The third-order valence-electron chi connectivity index (χ3n) is 4.55. The van der Waals surface area contributed by atoms with Crippen LogP contribution in [0.3, 0.4) is 0 Å². The molecule has 1 N–H and O–H groups in total. The molecular weight excluding hydrogens is 441 g/mol. The molecule has 3 rings (SSSR count). The fraction of sp³-hybridized carbons (Fsp3) is 0.389. The minimum atomic E-state index is -3.76. The Balaban J connectivity index is 1.57. The normalized spacial score (nSPS) is 16.8. The number of thiophene rings is 1. The van der Waals surface area contributed by atoms with Gasteiger partial charge in [-0.15, -0.1) is 0 Å². The second-order valence-electron chi connectivity index (χ2n) is 6.63. The smallest absolute Gasteiger partial charge is 0.317 e. The Kier molecular flexibility index (Phi) is 6.88. The summed E-state index contributed by atoms with van der Waals surface area (Å²) in [5.74, 6) is 0. The molecule has 1 aliphatic heterocycles. The molecule has 0 bridgehead atoms. The van der Waals surface area contributed by atoms with Crippen LogP contribution in [0, 0.1) is 0 Å². The van der Waals surface area contributed by atoms with Gasteiger partial charge in [0.1, 0.15) is 4.90 Å². The van der Waals surface area contributed by atoms with Gasteiger partial charge in [-0.05, 0) is 47.9 Å². The van der Waals surface area contributed by atoms with Crippen LogP contribution in [0.1, 0.15) is 12.5 Å². The van der Waals surface area contributed by atoms with Gasteiger partial charge in [-0.3, -0.25) is 0 Å². The lowest BCUT2D eigenvalue weighted by atomic mass is 10.1. The van der Waals surface area contributed by atoms with Crippen molar-refractivity contribution in [2.75, 3.05) is 26.2 Å². The number of hydrogen-bond donors (Lipinski definition) is 1. The average Bonchev–Trinajstić information content (AvgIpc) is 3.16. The van der Waals surface area contributed by atoms with Gasteiger partial charge in [0, 0.05) is 32.2 Å². The molecular formula is C18H21Cl2N3O3S2. The van der Waals surface area contributed by atoms with Gasteiger partial charge >= 0.3 is 6.03 Å². The predicted octanol–water partition coefficient (Wildman–Crippen LogP) is 3.70. The van der Waals surface area contributed by atoms with Crippen LogP contribution < -0.4 is 5.32 Å². The summed E-state index contributed by atoms with van der Waals surface area (Å²) in [7, 11) is -3.76. The van der Waals surface area contributed by atoms with E-state index in [1.165, 1.54) is 15.9 Å². The number of rotatable bonds is 5. The largest absolute Gasteiger partial charge is 0.335 e. The summed E-state index contributed by atoms with van der Waals surface area (Å²) < 4.78 is 27.1. The molecule has 1 fully saturated rings. The standard InChI is InChI=1S/C18H21Cl2N3O3S2/c1-13(11-14-5-10-27-12-14)21-18(24)22-6-8-23(9-7-22)28(25,26)16-4-2-3-15(19)17(16)20/h2-5,10,12-13H,6-9,11H2,1H3,(H,21,24). The van der Waals surface area contributed by atoms with Crippen molar-refractivity contribution in [2.24, 2.45) is 0 Å². The lowest BCUT2D eigenvalue weighted by Crippen LogP contribution is -2.54. The molecule has 0 aliphatic carbocycles. The van der Waals surface area contributed by atoms with Gasteiger partial charge in [-0.25, -0.2) is 13.2 Å². The zero-order valence-electron chi connectivity index (χ0n) is 15.3. The first-order valence-electron chi connectivity index (χ1n) is 8.79. The number of piperazine rings is 1. The first-order valence-corrected chi connectivity index (χ1v) is 11.9. The van der Waals surface area contributed by atoms with Crippen LogP contribution >= 0.6 is 34.5 Å². The van der Waals surface area contributed by atoms with Crippen molar-refractivity contribution in [1.29, 1.82) is 0 Å². The molecule has 0 saturated carbocycles. The van der Waals surface area contributed by atoms with E-state index in [9.17, 15) is 13.2 Å². The molecule has 1 unspecified atom stereocenters. The van der Waals surface area contributed by atoms with E-state index in [2.05, 4.69) is 10.7 Å². The van der Waals surface area contributed by atoms with Crippen LogP contribution in [0.25, 0.3) is 0 Å². The molecule has 1 saturated heterocycles. The first kappa shape index (κ1) is 21.4. The van der Waals surface area contributed by atoms with E-state index in [4.69, 9.17) is 23.2 Å². The topological polar surface area (TPSA) is 69.7 Å². The van der Waals surface area contributed by atoms with E-state index >= 15 is 0 Å². The number of halogens is 2. The van der Waals surface area contributed by atoms with E-state index in [1.807, 2.05) is 18.4 Å². The SMILES string of the molecule is CC(Cc1ccsc1)NC(=O)N1CCN(S(=O)(=O)c2cccc(Cl)c2Cl)CC1. The molecule has 2 amide bonds. The zero-order valence-corrected chi connectivity index (χ0v) is 18.4. The van der Waals surface area contributed by atoms with Gasteiger partial charge in [-0.2, -0.15) is 15.6 Å². The number of sulfonamides is 1. The first-order chi connectivity index (χ1) is 13.3. The van der Waals surface area contributed by atoms with E-state index < -0.39 is 10.0 Å². The highest BCUT2D eigenvalue weighted by Crippen LogP contribution is 2.31. The Morgan fingerprint density at radius 1 is 1.21 bits per heavy atom.